The van der Waals surface area contributed by atoms with E-state index < -0.39 is 17.3 Å². The molecule has 10 nitrogen and oxygen atoms in total. The molecule has 1 aromatic heterocycles. The van der Waals surface area contributed by atoms with Crippen LogP contribution in [0.25, 0.3) is 11.1 Å². The van der Waals surface area contributed by atoms with Gasteiger partial charge in [0.15, 0.2) is 0 Å². The van der Waals surface area contributed by atoms with Crippen LogP contribution < -0.4 is 21.3 Å². The van der Waals surface area contributed by atoms with Crippen molar-refractivity contribution in [2.24, 2.45) is 0 Å². The van der Waals surface area contributed by atoms with E-state index in [1.165, 1.54) is 17.9 Å². The standard InChI is InChI=1S/C30H34ClN5O5/c1-19(2)36-28(38)23(22-8-6-9-24(31)27(22)41-3)17-34(30(36)40)18-26(37)33-14-12-21(13-15-33)35-16-11-20-7-4-5-10-25(20)32-29(35)39/h4-10,17,19,21H,11-16,18H2,1-3H3,(H,32,39). The van der Waals surface area contributed by atoms with Gasteiger partial charge < -0.3 is 19.9 Å². The summed E-state index contributed by atoms with van der Waals surface area (Å²) in [5.41, 5.74) is 1.58. The number of hydrogen-bond acceptors (Lipinski definition) is 5. The third-order valence-electron chi connectivity index (χ3n) is 7.87. The largest absolute Gasteiger partial charge is 0.495 e. The van der Waals surface area contributed by atoms with Crippen LogP contribution in [0.2, 0.25) is 5.02 Å². The van der Waals surface area contributed by atoms with Gasteiger partial charge in [-0.3, -0.25) is 18.7 Å². The summed E-state index contributed by atoms with van der Waals surface area (Å²) >= 11 is 6.31. The maximum absolute atomic E-state index is 13.4. The van der Waals surface area contributed by atoms with Crippen LogP contribution in [-0.4, -0.2) is 63.7 Å². The molecule has 41 heavy (non-hydrogen) atoms. The van der Waals surface area contributed by atoms with Crippen LogP contribution in [0.5, 0.6) is 5.75 Å². The molecule has 2 aliphatic heterocycles. The number of para-hydroxylation sites is 2. The van der Waals surface area contributed by atoms with Crippen molar-refractivity contribution in [2.45, 2.75) is 51.7 Å². The molecule has 3 amide bonds. The Hall–Kier alpha value is -4.05. The van der Waals surface area contributed by atoms with Gasteiger partial charge in [-0.25, -0.2) is 9.59 Å². The summed E-state index contributed by atoms with van der Waals surface area (Å²) in [5.74, 6) is 0.0945. The fraction of sp³-hybridized carbons (Fsp3) is 0.400. The van der Waals surface area contributed by atoms with Gasteiger partial charge in [0.05, 0.1) is 17.7 Å². The number of likely N-dealkylation sites (tertiary alicyclic amines) is 1. The number of methoxy groups -OCH3 is 1. The molecular formula is C30H34ClN5O5. The minimum Gasteiger partial charge on any atom is -0.495 e. The van der Waals surface area contributed by atoms with E-state index in [1.54, 1.807) is 36.9 Å². The van der Waals surface area contributed by atoms with Gasteiger partial charge in [0.2, 0.25) is 5.91 Å². The zero-order valence-electron chi connectivity index (χ0n) is 23.4. The summed E-state index contributed by atoms with van der Waals surface area (Å²) in [6, 6.07) is 12.3. The van der Waals surface area contributed by atoms with Crippen LogP contribution >= 0.6 is 11.6 Å². The summed E-state index contributed by atoms with van der Waals surface area (Å²) < 4.78 is 7.88. The van der Waals surface area contributed by atoms with Crippen LogP contribution in [-0.2, 0) is 17.8 Å². The van der Waals surface area contributed by atoms with Crippen LogP contribution in [0.4, 0.5) is 10.5 Å². The molecule has 11 heteroatoms. The number of benzene rings is 2. The monoisotopic (exact) mass is 579 g/mol. The molecule has 0 saturated carbocycles. The van der Waals surface area contributed by atoms with Crippen molar-refractivity contribution in [1.82, 2.24) is 18.9 Å². The molecule has 0 atom stereocenters. The van der Waals surface area contributed by atoms with E-state index in [9.17, 15) is 19.2 Å². The fourth-order valence-electron chi connectivity index (χ4n) is 5.71. The molecule has 1 N–H and O–H groups in total. The maximum atomic E-state index is 13.4. The number of fused-ring (bicyclic) bond motifs is 1. The van der Waals surface area contributed by atoms with Crippen molar-refractivity contribution < 1.29 is 14.3 Å². The Morgan fingerprint density at radius 1 is 1.02 bits per heavy atom. The third-order valence-corrected chi connectivity index (χ3v) is 8.17. The van der Waals surface area contributed by atoms with Crippen molar-refractivity contribution in [3.8, 4) is 16.9 Å². The maximum Gasteiger partial charge on any atom is 0.331 e. The number of ether oxygens (including phenoxy) is 1. The first-order chi connectivity index (χ1) is 19.7. The number of nitrogens with zero attached hydrogens (tertiary/aromatic N) is 4. The van der Waals surface area contributed by atoms with E-state index in [0.717, 1.165) is 22.2 Å². The molecule has 216 valence electrons. The first-order valence-electron chi connectivity index (χ1n) is 13.8. The van der Waals surface area contributed by atoms with Crippen molar-refractivity contribution in [1.29, 1.82) is 0 Å². The average molecular weight is 580 g/mol. The Morgan fingerprint density at radius 2 is 1.76 bits per heavy atom. The van der Waals surface area contributed by atoms with Gasteiger partial charge in [0, 0.05) is 49.2 Å². The number of nitrogens with one attached hydrogen (secondary N) is 1. The normalized spacial score (nSPS) is 15.9. The zero-order valence-corrected chi connectivity index (χ0v) is 24.2. The number of rotatable bonds is 6. The van der Waals surface area contributed by atoms with Crippen LogP contribution in [0.1, 0.15) is 38.3 Å². The highest BCUT2D eigenvalue weighted by Gasteiger charge is 2.31. The molecule has 0 spiro atoms. The van der Waals surface area contributed by atoms with E-state index in [4.69, 9.17) is 16.3 Å². The molecular weight excluding hydrogens is 546 g/mol. The molecule has 1 saturated heterocycles. The lowest BCUT2D eigenvalue weighted by Gasteiger charge is -2.38. The molecule has 3 aromatic rings. The molecule has 0 radical (unpaired) electrons. The predicted molar refractivity (Wildman–Crippen MR) is 158 cm³/mol. The lowest BCUT2D eigenvalue weighted by atomic mass is 10.0. The third kappa shape index (κ3) is 5.61. The number of carbonyl (C=O) groups is 2. The number of anilines is 1. The minimum atomic E-state index is -0.557. The van der Waals surface area contributed by atoms with E-state index in [1.807, 2.05) is 29.2 Å². The van der Waals surface area contributed by atoms with Crippen molar-refractivity contribution >= 4 is 29.2 Å². The summed E-state index contributed by atoms with van der Waals surface area (Å²) in [6.07, 6.45) is 3.46. The van der Waals surface area contributed by atoms with Crippen molar-refractivity contribution in [3.05, 3.63) is 80.1 Å². The molecule has 3 heterocycles. The second-order valence-electron chi connectivity index (χ2n) is 10.7. The lowest BCUT2D eigenvalue weighted by Crippen LogP contribution is -2.51. The smallest absolute Gasteiger partial charge is 0.331 e. The average Bonchev–Trinajstić information content (AvgIpc) is 3.12. The first kappa shape index (κ1) is 28.5. The van der Waals surface area contributed by atoms with E-state index >= 15 is 0 Å². The molecule has 0 unspecified atom stereocenters. The molecule has 2 aromatic carbocycles. The van der Waals surface area contributed by atoms with Crippen molar-refractivity contribution in [3.63, 3.8) is 0 Å². The van der Waals surface area contributed by atoms with Gasteiger partial charge >= 0.3 is 11.7 Å². The Morgan fingerprint density at radius 3 is 2.46 bits per heavy atom. The summed E-state index contributed by atoms with van der Waals surface area (Å²) in [6.45, 7) is 4.82. The zero-order chi connectivity index (χ0) is 29.3. The highest BCUT2D eigenvalue weighted by molar-refractivity contribution is 6.32. The summed E-state index contributed by atoms with van der Waals surface area (Å²) in [5, 5.41) is 3.35. The first-order valence-corrected chi connectivity index (χ1v) is 14.2. The minimum absolute atomic E-state index is 0.0147. The number of hydrogen-bond donors (Lipinski definition) is 1. The number of piperidine rings is 1. The number of carbonyl (C=O) groups excluding carboxylic acids is 2. The second-order valence-corrected chi connectivity index (χ2v) is 11.1. The fourth-order valence-corrected chi connectivity index (χ4v) is 5.97. The molecule has 1 fully saturated rings. The molecule has 2 aliphatic rings. The Labute approximate surface area is 243 Å². The number of urea groups is 1. The quantitative estimate of drug-likeness (QED) is 0.475. The van der Waals surface area contributed by atoms with Crippen molar-refractivity contribution in [2.75, 3.05) is 32.1 Å². The lowest BCUT2D eigenvalue weighted by molar-refractivity contribution is -0.133. The van der Waals surface area contributed by atoms with Crippen LogP contribution in [0.15, 0.2) is 58.3 Å². The Bertz CT molecular complexity index is 1590. The molecule has 0 aliphatic carbocycles. The van der Waals surface area contributed by atoms with Gasteiger partial charge in [-0.05, 0) is 50.8 Å². The van der Waals surface area contributed by atoms with Gasteiger partial charge in [0.25, 0.3) is 5.56 Å². The highest BCUT2D eigenvalue weighted by Crippen LogP contribution is 2.34. The van der Waals surface area contributed by atoms with Gasteiger partial charge in [-0.2, -0.15) is 0 Å². The van der Waals surface area contributed by atoms with Crippen LogP contribution in [0, 0.1) is 0 Å². The molecule has 0 bridgehead atoms. The van der Waals surface area contributed by atoms with E-state index in [-0.39, 0.29) is 30.1 Å². The van der Waals surface area contributed by atoms with Gasteiger partial charge in [-0.15, -0.1) is 0 Å². The van der Waals surface area contributed by atoms with Gasteiger partial charge in [0.1, 0.15) is 12.3 Å². The predicted octanol–water partition coefficient (Wildman–Crippen LogP) is 4.00. The number of aromatic nitrogens is 2. The summed E-state index contributed by atoms with van der Waals surface area (Å²) in [7, 11) is 1.46. The second kappa shape index (κ2) is 11.8. The van der Waals surface area contributed by atoms with Crippen LogP contribution in [0.3, 0.4) is 0 Å². The van der Waals surface area contributed by atoms with E-state index in [0.29, 0.717) is 48.8 Å². The van der Waals surface area contributed by atoms with E-state index in [2.05, 4.69) is 5.32 Å². The number of amides is 3. The van der Waals surface area contributed by atoms with Gasteiger partial charge in [-0.1, -0.05) is 41.9 Å². The Balaban J connectivity index is 1.33. The molecule has 5 rings (SSSR count). The highest BCUT2D eigenvalue weighted by atomic mass is 35.5. The summed E-state index contributed by atoms with van der Waals surface area (Å²) in [4.78, 5) is 56.6. The Kier molecular flexibility index (Phi) is 8.21. The number of halogens is 1. The SMILES string of the molecule is COc1c(Cl)cccc1-c1cn(CC(=O)N2CCC(N3CCc4ccccc4NC3=O)CC2)c(=O)n(C(C)C)c1=O. The topological polar surface area (TPSA) is 106 Å².